The van der Waals surface area contributed by atoms with Crippen LogP contribution in [0, 0.1) is 0 Å². The van der Waals surface area contributed by atoms with Crippen LogP contribution >= 0.6 is 0 Å². The molecule has 0 aromatic rings. The number of hydrogen-bond acceptors (Lipinski definition) is 4. The monoisotopic (exact) mass is 363 g/mol. The first kappa shape index (κ1) is 19.7. The van der Waals surface area contributed by atoms with Crippen LogP contribution in [-0.4, -0.2) is 54.7 Å². The Labute approximate surface area is 130 Å². The second-order valence-corrected chi connectivity index (χ2v) is 9.70. The highest BCUT2D eigenvalue weighted by atomic mass is 32.2. The first-order valence-electron chi connectivity index (χ1n) is 7.20. The molecule has 1 N–H and O–H groups in total. The summed E-state index contributed by atoms with van der Waals surface area (Å²) in [5.41, 5.74) is 0. The molecule has 132 valence electrons. The van der Waals surface area contributed by atoms with Crippen molar-refractivity contribution in [2.75, 3.05) is 13.1 Å². The molecule has 10 heteroatoms. The quantitative estimate of drug-likeness (QED) is 0.697. The Morgan fingerprint density at radius 2 is 1.59 bits per heavy atom. The van der Waals surface area contributed by atoms with Crippen LogP contribution < -0.4 is 0 Å². The largest absolute Gasteiger partial charge is 0.287 e. The molecule has 1 heterocycles. The lowest BCUT2D eigenvalue weighted by molar-refractivity contribution is -0.0462. The summed E-state index contributed by atoms with van der Waals surface area (Å²) in [4.78, 5) is 0. The van der Waals surface area contributed by atoms with Gasteiger partial charge in [-0.1, -0.05) is 13.8 Å². The van der Waals surface area contributed by atoms with E-state index in [2.05, 4.69) is 0 Å². The third-order valence-electron chi connectivity index (χ3n) is 4.49. The Morgan fingerprint density at radius 1 is 1.14 bits per heavy atom. The summed E-state index contributed by atoms with van der Waals surface area (Å²) >= 11 is 0. The zero-order valence-corrected chi connectivity index (χ0v) is 14.6. The molecule has 0 radical (unpaired) electrons. The summed E-state index contributed by atoms with van der Waals surface area (Å²) < 4.78 is 85.0. The zero-order chi connectivity index (χ0) is 17.4. The second kappa shape index (κ2) is 6.29. The first-order valence-corrected chi connectivity index (χ1v) is 10.1. The van der Waals surface area contributed by atoms with Gasteiger partial charge in [0.1, 0.15) is 4.75 Å². The molecule has 0 amide bonds. The van der Waals surface area contributed by atoms with Crippen molar-refractivity contribution in [2.45, 2.75) is 62.4 Å². The number of alkyl halides is 2. The van der Waals surface area contributed by atoms with Crippen LogP contribution in [0.2, 0.25) is 0 Å². The average molecular weight is 363 g/mol. The van der Waals surface area contributed by atoms with Gasteiger partial charge in [-0.2, -0.15) is 8.42 Å². The maximum Gasteiger partial charge on any atom is 0.287 e. The molecule has 6 nitrogen and oxygen atoms in total. The van der Waals surface area contributed by atoms with Crippen LogP contribution in [0.15, 0.2) is 0 Å². The molecular formula is C12H23F2NO5S2. The lowest BCUT2D eigenvalue weighted by atomic mass is 9.95. The lowest BCUT2D eigenvalue weighted by Crippen LogP contribution is -2.62. The van der Waals surface area contributed by atoms with Crippen molar-refractivity contribution in [2.24, 2.45) is 0 Å². The van der Waals surface area contributed by atoms with E-state index in [1.54, 1.807) is 0 Å². The molecule has 22 heavy (non-hydrogen) atoms. The number of sulfonamides is 1. The van der Waals surface area contributed by atoms with Crippen LogP contribution in [0.25, 0.3) is 0 Å². The Kier molecular flexibility index (Phi) is 5.64. The van der Waals surface area contributed by atoms with Gasteiger partial charge in [0.15, 0.2) is 5.25 Å². The fourth-order valence-corrected chi connectivity index (χ4v) is 6.09. The topological polar surface area (TPSA) is 91.8 Å². The minimum absolute atomic E-state index is 0.149. The van der Waals surface area contributed by atoms with Crippen LogP contribution in [0.4, 0.5) is 8.78 Å². The van der Waals surface area contributed by atoms with Crippen molar-refractivity contribution in [3.63, 3.8) is 0 Å². The third-order valence-corrected chi connectivity index (χ3v) is 8.58. The molecule has 0 aliphatic carbocycles. The van der Waals surface area contributed by atoms with Gasteiger partial charge in [-0.15, -0.1) is 0 Å². The molecular weight excluding hydrogens is 340 g/mol. The highest BCUT2D eigenvalue weighted by Gasteiger charge is 2.65. The van der Waals surface area contributed by atoms with E-state index in [0.29, 0.717) is 12.8 Å². The van der Waals surface area contributed by atoms with E-state index in [1.807, 2.05) is 0 Å². The van der Waals surface area contributed by atoms with Gasteiger partial charge in [-0.05, 0) is 32.6 Å². The summed E-state index contributed by atoms with van der Waals surface area (Å²) in [6.07, 6.45) is 0.113. The number of rotatable bonds is 7. The molecule has 1 rings (SSSR count). The van der Waals surface area contributed by atoms with Gasteiger partial charge in [-0.25, -0.2) is 21.5 Å². The van der Waals surface area contributed by atoms with Gasteiger partial charge in [0, 0.05) is 13.1 Å². The molecule has 0 aromatic carbocycles. The van der Waals surface area contributed by atoms with Crippen molar-refractivity contribution in [3.05, 3.63) is 0 Å². The van der Waals surface area contributed by atoms with Gasteiger partial charge in [0.25, 0.3) is 16.0 Å². The van der Waals surface area contributed by atoms with E-state index >= 15 is 0 Å². The van der Waals surface area contributed by atoms with Gasteiger partial charge in [0.2, 0.25) is 10.0 Å². The van der Waals surface area contributed by atoms with E-state index in [4.69, 9.17) is 4.55 Å². The van der Waals surface area contributed by atoms with E-state index in [9.17, 15) is 25.6 Å². The molecule has 0 saturated carbocycles. The lowest BCUT2D eigenvalue weighted by Gasteiger charge is -2.41. The fourth-order valence-electron chi connectivity index (χ4n) is 2.80. The van der Waals surface area contributed by atoms with Crippen molar-refractivity contribution < 1.29 is 30.2 Å². The predicted molar refractivity (Wildman–Crippen MR) is 79.0 cm³/mol. The molecule has 1 fully saturated rings. The molecule has 1 saturated heterocycles. The predicted octanol–water partition coefficient (Wildman–Crippen LogP) is 1.88. The van der Waals surface area contributed by atoms with Crippen molar-refractivity contribution in [3.8, 4) is 0 Å². The summed E-state index contributed by atoms with van der Waals surface area (Å²) in [5.74, 6) is -4.12. The number of hydrogen-bond donors (Lipinski definition) is 1. The third kappa shape index (κ3) is 3.02. The van der Waals surface area contributed by atoms with Gasteiger partial charge in [0.05, 0.1) is 0 Å². The molecule has 0 aromatic heterocycles. The smallest absolute Gasteiger partial charge is 0.285 e. The van der Waals surface area contributed by atoms with Crippen molar-refractivity contribution >= 4 is 20.1 Å². The summed E-state index contributed by atoms with van der Waals surface area (Å²) in [7, 11) is -9.50. The maximum atomic E-state index is 14.8. The minimum Gasteiger partial charge on any atom is -0.285 e. The molecule has 0 bridgehead atoms. The Bertz CT molecular complexity index is 599. The normalized spacial score (nSPS) is 22.5. The molecule has 1 aliphatic rings. The Hall–Kier alpha value is -0.320. The van der Waals surface area contributed by atoms with E-state index < -0.39 is 48.9 Å². The van der Waals surface area contributed by atoms with Gasteiger partial charge >= 0.3 is 0 Å². The standard InChI is InChI=1S/C12H23F2NO5S2/c1-4-10(21(16,17)18)12(13,14)11(3,5-2)22(19,20)15-8-6-7-9-15/h10H,4-9H2,1-3H3,(H,16,17,18). The van der Waals surface area contributed by atoms with Gasteiger partial charge < -0.3 is 0 Å². The first-order chi connectivity index (χ1) is 9.86. The molecule has 2 atom stereocenters. The SMILES string of the molecule is CCC(C(F)(F)C(C)(CC)S(=O)(=O)N1CCCC1)S(=O)(=O)O. The van der Waals surface area contributed by atoms with Crippen LogP contribution in [0.1, 0.15) is 46.5 Å². The minimum atomic E-state index is -5.08. The van der Waals surface area contributed by atoms with Gasteiger partial charge in [-0.3, -0.25) is 4.55 Å². The van der Waals surface area contributed by atoms with Crippen LogP contribution in [0.5, 0.6) is 0 Å². The maximum absolute atomic E-state index is 14.8. The van der Waals surface area contributed by atoms with Crippen LogP contribution in [0.3, 0.4) is 0 Å². The van der Waals surface area contributed by atoms with E-state index in [1.165, 1.54) is 13.8 Å². The van der Waals surface area contributed by atoms with Crippen LogP contribution in [-0.2, 0) is 20.1 Å². The molecule has 2 unspecified atom stereocenters. The highest BCUT2D eigenvalue weighted by molar-refractivity contribution is 7.90. The second-order valence-electron chi connectivity index (χ2n) is 5.73. The molecule has 0 spiro atoms. The van der Waals surface area contributed by atoms with Crippen molar-refractivity contribution in [1.29, 1.82) is 0 Å². The molecule has 1 aliphatic heterocycles. The Morgan fingerprint density at radius 3 is 1.91 bits per heavy atom. The number of nitrogens with zero attached hydrogens (tertiary/aromatic N) is 1. The fraction of sp³-hybridized carbons (Fsp3) is 1.00. The average Bonchev–Trinajstić information content (AvgIpc) is 2.90. The van der Waals surface area contributed by atoms with E-state index in [-0.39, 0.29) is 13.1 Å². The summed E-state index contributed by atoms with van der Waals surface area (Å²) in [5, 5.41) is -2.46. The summed E-state index contributed by atoms with van der Waals surface area (Å²) in [6, 6.07) is 0. The van der Waals surface area contributed by atoms with E-state index in [0.717, 1.165) is 11.2 Å². The Balaban J connectivity index is 3.43. The highest BCUT2D eigenvalue weighted by Crippen LogP contribution is 2.45. The zero-order valence-electron chi connectivity index (χ0n) is 12.9. The summed E-state index contributed by atoms with van der Waals surface area (Å²) in [6.45, 7) is 3.60. The van der Waals surface area contributed by atoms with Crippen molar-refractivity contribution in [1.82, 2.24) is 4.31 Å². The number of halogens is 2.